The van der Waals surface area contributed by atoms with Gasteiger partial charge >= 0.3 is 5.97 Å². The Kier molecular flexibility index (Phi) is 9.36. The standard InChI is InChI=1S/C33H43N3O7/c1-21(2)35-18-10-5-9-15-25(38)34-22(3)28(23-13-7-4-8-14-23)42-32(41)26-24-16-17-33(43-24)27(26)30(39)36(29(33)31(35)40)19-11-6-12-20-37/h4-5,7-8,10,13-14,16-17,21-22,24,26-29,37H,6,9,11-12,15,18-20H2,1-3H3,(H,34,38)/b10-5-/t22-,24+,26-,27-,28+,29+,33-/m1/s1. The molecule has 0 unspecified atom stereocenters. The number of fused-ring (bicyclic) bond motifs is 2. The van der Waals surface area contributed by atoms with Crippen LogP contribution in [0, 0.1) is 11.8 Å². The molecule has 1 spiro atoms. The molecule has 43 heavy (non-hydrogen) atoms. The average molecular weight is 594 g/mol. The zero-order valence-electron chi connectivity index (χ0n) is 25.2. The molecular weight excluding hydrogens is 550 g/mol. The van der Waals surface area contributed by atoms with Crippen molar-refractivity contribution in [3.8, 4) is 0 Å². The number of esters is 1. The second-order valence-corrected chi connectivity index (χ2v) is 12.2. The van der Waals surface area contributed by atoms with Gasteiger partial charge < -0.3 is 29.7 Å². The van der Waals surface area contributed by atoms with E-state index in [0.717, 1.165) is 5.56 Å². The van der Waals surface area contributed by atoms with Crippen LogP contribution in [0.3, 0.4) is 0 Å². The first-order valence-corrected chi connectivity index (χ1v) is 15.5. The van der Waals surface area contributed by atoms with E-state index in [2.05, 4.69) is 5.32 Å². The highest BCUT2D eigenvalue weighted by Crippen LogP contribution is 2.56. The zero-order chi connectivity index (χ0) is 30.7. The normalized spacial score (nSPS) is 33.6. The van der Waals surface area contributed by atoms with Crippen molar-refractivity contribution in [1.29, 1.82) is 0 Å². The number of carbonyl (C=O) groups is 4. The van der Waals surface area contributed by atoms with Crippen LogP contribution < -0.4 is 5.32 Å². The zero-order valence-corrected chi connectivity index (χ0v) is 25.2. The highest BCUT2D eigenvalue weighted by atomic mass is 16.6. The first-order valence-electron chi connectivity index (χ1n) is 15.5. The van der Waals surface area contributed by atoms with E-state index in [0.29, 0.717) is 38.8 Å². The Morgan fingerprint density at radius 3 is 2.53 bits per heavy atom. The van der Waals surface area contributed by atoms with Crippen molar-refractivity contribution in [2.75, 3.05) is 19.7 Å². The van der Waals surface area contributed by atoms with E-state index in [-0.39, 0.29) is 36.8 Å². The number of nitrogens with one attached hydrogen (secondary N) is 1. The number of benzene rings is 1. The molecule has 2 fully saturated rings. The number of nitrogens with zero attached hydrogens (tertiary/aromatic N) is 2. The van der Waals surface area contributed by atoms with Crippen LogP contribution in [0.1, 0.15) is 64.5 Å². The number of aliphatic hydroxyl groups excluding tert-OH is 1. The van der Waals surface area contributed by atoms with E-state index >= 15 is 0 Å². The molecule has 2 N–H and O–H groups in total. The maximum absolute atomic E-state index is 14.4. The number of amides is 3. The van der Waals surface area contributed by atoms with Crippen LogP contribution in [0.25, 0.3) is 0 Å². The third-order valence-electron chi connectivity index (χ3n) is 9.06. The average Bonchev–Trinajstić information content (AvgIpc) is 3.62. The topological polar surface area (TPSA) is 125 Å². The van der Waals surface area contributed by atoms with E-state index in [1.165, 1.54) is 0 Å². The van der Waals surface area contributed by atoms with Crippen LogP contribution in [0.2, 0.25) is 0 Å². The van der Waals surface area contributed by atoms with Crippen LogP contribution in [-0.4, -0.2) is 88.1 Å². The maximum Gasteiger partial charge on any atom is 0.313 e. The summed E-state index contributed by atoms with van der Waals surface area (Å²) in [4.78, 5) is 58.8. The molecule has 10 nitrogen and oxygen atoms in total. The Balaban J connectivity index is 1.55. The van der Waals surface area contributed by atoms with Gasteiger partial charge in [0.2, 0.25) is 17.7 Å². The molecule has 5 rings (SSSR count). The number of hydrogen-bond donors (Lipinski definition) is 2. The SMILES string of the molecule is CC(C)N1C/C=C\CCC(=O)N[C@H](C)[C@@H](c2ccccc2)OC(=O)[C@@H]2[C@@H]3C=C[C@]4(O3)[C@H](C1=O)N(CCCCCO)C(=O)[C@@H]24. The summed E-state index contributed by atoms with van der Waals surface area (Å²) in [5.74, 6) is -3.16. The predicted molar refractivity (Wildman–Crippen MR) is 158 cm³/mol. The summed E-state index contributed by atoms with van der Waals surface area (Å²) in [6.07, 6.45) is 8.49. The van der Waals surface area contributed by atoms with Crippen LogP contribution in [-0.2, 0) is 28.7 Å². The van der Waals surface area contributed by atoms with Crippen molar-refractivity contribution in [2.24, 2.45) is 11.8 Å². The lowest BCUT2D eigenvalue weighted by atomic mass is 9.74. The monoisotopic (exact) mass is 593 g/mol. The van der Waals surface area contributed by atoms with Crippen molar-refractivity contribution in [3.05, 3.63) is 60.2 Å². The summed E-state index contributed by atoms with van der Waals surface area (Å²) in [5.41, 5.74) is -0.563. The minimum atomic E-state index is -1.29. The number of carbonyl (C=O) groups excluding carboxylic acids is 4. The minimum Gasteiger partial charge on any atom is -0.455 e. The van der Waals surface area contributed by atoms with Crippen molar-refractivity contribution < 1.29 is 33.8 Å². The fourth-order valence-electron chi connectivity index (χ4n) is 6.97. The molecule has 3 amide bonds. The summed E-state index contributed by atoms with van der Waals surface area (Å²) >= 11 is 0. The van der Waals surface area contributed by atoms with Crippen molar-refractivity contribution in [2.45, 2.75) is 88.8 Å². The van der Waals surface area contributed by atoms with Crippen LogP contribution in [0.5, 0.6) is 0 Å². The van der Waals surface area contributed by atoms with Gasteiger partial charge in [0.1, 0.15) is 23.7 Å². The van der Waals surface area contributed by atoms with Gasteiger partial charge in [0, 0.05) is 32.2 Å². The quantitative estimate of drug-likeness (QED) is 0.283. The summed E-state index contributed by atoms with van der Waals surface area (Å²) in [6.45, 7) is 6.33. The fraction of sp³-hybridized carbons (Fsp3) is 0.576. The Morgan fingerprint density at radius 2 is 1.81 bits per heavy atom. The molecule has 4 heterocycles. The van der Waals surface area contributed by atoms with Gasteiger partial charge in [0.05, 0.1) is 18.1 Å². The third kappa shape index (κ3) is 5.87. The Labute approximate surface area is 253 Å². The van der Waals surface area contributed by atoms with E-state index < -0.39 is 47.7 Å². The van der Waals surface area contributed by atoms with Crippen LogP contribution in [0.4, 0.5) is 0 Å². The van der Waals surface area contributed by atoms with Gasteiger partial charge in [-0.2, -0.15) is 0 Å². The largest absolute Gasteiger partial charge is 0.455 e. The van der Waals surface area contributed by atoms with E-state index in [4.69, 9.17) is 9.47 Å². The number of ether oxygens (including phenoxy) is 2. The number of unbranched alkanes of at least 4 members (excludes halogenated alkanes) is 2. The predicted octanol–water partition coefficient (Wildman–Crippen LogP) is 2.68. The van der Waals surface area contributed by atoms with Crippen molar-refractivity contribution in [1.82, 2.24) is 15.1 Å². The molecule has 0 radical (unpaired) electrons. The number of likely N-dealkylation sites (tertiary alicyclic amines) is 1. The number of rotatable bonds is 7. The summed E-state index contributed by atoms with van der Waals surface area (Å²) < 4.78 is 12.6. The first kappa shape index (κ1) is 30.9. The highest BCUT2D eigenvalue weighted by molar-refractivity contribution is 5.99. The lowest BCUT2D eigenvalue weighted by molar-refractivity contribution is -0.161. The number of allylic oxidation sites excluding steroid dienone is 1. The van der Waals surface area contributed by atoms with Gasteiger partial charge in [0.25, 0.3) is 0 Å². The first-order chi connectivity index (χ1) is 20.7. The van der Waals surface area contributed by atoms with Gasteiger partial charge in [-0.15, -0.1) is 0 Å². The lowest BCUT2D eigenvalue weighted by Crippen LogP contribution is -2.57. The minimum absolute atomic E-state index is 0.0548. The van der Waals surface area contributed by atoms with Gasteiger partial charge in [0.15, 0.2) is 0 Å². The van der Waals surface area contributed by atoms with Crippen molar-refractivity contribution >= 4 is 23.7 Å². The second-order valence-electron chi connectivity index (χ2n) is 12.2. The molecular formula is C33H43N3O7. The van der Waals surface area contributed by atoms with Crippen molar-refractivity contribution in [3.63, 3.8) is 0 Å². The molecule has 0 saturated carbocycles. The number of cyclic esters (lactones) is 1. The molecule has 0 aliphatic carbocycles. The van der Waals surface area contributed by atoms with E-state index in [9.17, 15) is 24.3 Å². The molecule has 4 aliphatic heterocycles. The Bertz CT molecular complexity index is 1260. The summed E-state index contributed by atoms with van der Waals surface area (Å²) in [7, 11) is 0. The van der Waals surface area contributed by atoms with Gasteiger partial charge in [-0.25, -0.2) is 0 Å². The molecule has 2 saturated heterocycles. The second kappa shape index (κ2) is 13.0. The molecule has 0 aromatic heterocycles. The molecule has 4 aliphatic rings. The Morgan fingerprint density at radius 1 is 1.05 bits per heavy atom. The molecule has 232 valence electrons. The summed E-state index contributed by atoms with van der Waals surface area (Å²) in [6, 6.07) is 7.60. The number of hydrogen-bond acceptors (Lipinski definition) is 7. The summed E-state index contributed by atoms with van der Waals surface area (Å²) in [5, 5.41) is 12.3. The molecule has 10 heteroatoms. The van der Waals surface area contributed by atoms with Gasteiger partial charge in [-0.05, 0) is 52.0 Å². The molecule has 7 atom stereocenters. The van der Waals surface area contributed by atoms with E-state index in [1.54, 1.807) is 28.9 Å². The van der Waals surface area contributed by atoms with Crippen LogP contribution in [0.15, 0.2) is 54.6 Å². The van der Waals surface area contributed by atoms with Gasteiger partial charge in [-0.1, -0.05) is 54.6 Å². The Hall–Kier alpha value is -3.50. The lowest BCUT2D eigenvalue weighted by Gasteiger charge is -2.37. The maximum atomic E-state index is 14.4. The molecule has 5 bridgehead atoms. The smallest absolute Gasteiger partial charge is 0.313 e. The highest BCUT2D eigenvalue weighted by Gasteiger charge is 2.73. The molecule has 1 aromatic carbocycles. The fourth-order valence-corrected chi connectivity index (χ4v) is 6.97. The number of aliphatic hydroxyl groups is 1. The van der Waals surface area contributed by atoms with Crippen LogP contribution >= 0.6 is 0 Å². The van der Waals surface area contributed by atoms with E-state index in [1.807, 2.05) is 56.3 Å². The molecule has 1 aromatic rings. The van der Waals surface area contributed by atoms with Gasteiger partial charge in [-0.3, -0.25) is 19.2 Å². The third-order valence-corrected chi connectivity index (χ3v) is 9.06.